The average molecular weight is 463 g/mol. The molecule has 0 atom stereocenters. The molecule has 5 rings (SSSR count). The fraction of sp³-hybridized carbons (Fsp3) is 0.481. The summed E-state index contributed by atoms with van der Waals surface area (Å²) in [4.78, 5) is 32.4. The van der Waals surface area contributed by atoms with Crippen molar-refractivity contribution in [2.45, 2.75) is 65.2 Å². The number of aryl methyl sites for hydroxylation is 2. The lowest BCUT2D eigenvalue weighted by molar-refractivity contribution is -0.127. The molecule has 3 aromatic rings. The predicted molar refractivity (Wildman–Crippen MR) is 128 cm³/mol. The van der Waals surface area contributed by atoms with Crippen LogP contribution < -0.4 is 4.90 Å². The number of nitrogens with zero attached hydrogens (tertiary/aromatic N) is 4. The molecule has 1 saturated heterocycles. The minimum Gasteiger partial charge on any atom is -0.312 e. The van der Waals surface area contributed by atoms with Crippen molar-refractivity contribution in [1.29, 1.82) is 0 Å². The third-order valence-electron chi connectivity index (χ3n) is 7.81. The first-order chi connectivity index (χ1) is 16.4. The number of carbonyl (C=O) groups excluding carboxylic acids is 2. The molecule has 2 aliphatic rings. The molecular formula is C27H31FN4O2. The van der Waals surface area contributed by atoms with E-state index in [0.29, 0.717) is 30.1 Å². The van der Waals surface area contributed by atoms with Crippen molar-refractivity contribution in [3.05, 3.63) is 59.3 Å². The normalized spacial score (nSPS) is 22.7. The SMILES string of the molecule is Cc1cc(C)n2ncc(C(=O)CCCC3CCC4(CC3)CCN(c3ccc(F)cc3)C4=O)c2n1. The molecule has 0 bridgehead atoms. The van der Waals surface area contributed by atoms with E-state index in [9.17, 15) is 14.0 Å². The van der Waals surface area contributed by atoms with Crippen LogP contribution in [0.1, 0.15) is 73.1 Å². The van der Waals surface area contributed by atoms with Crippen LogP contribution in [0.15, 0.2) is 36.5 Å². The summed E-state index contributed by atoms with van der Waals surface area (Å²) in [6, 6.07) is 8.17. The summed E-state index contributed by atoms with van der Waals surface area (Å²) in [5.41, 5.74) is 3.63. The van der Waals surface area contributed by atoms with Crippen LogP contribution in [0.25, 0.3) is 5.65 Å². The zero-order valence-electron chi connectivity index (χ0n) is 19.9. The Hall–Kier alpha value is -3.09. The number of hydrogen-bond acceptors (Lipinski definition) is 4. The highest BCUT2D eigenvalue weighted by Crippen LogP contribution is 2.48. The van der Waals surface area contributed by atoms with E-state index in [2.05, 4.69) is 10.1 Å². The lowest BCUT2D eigenvalue weighted by Gasteiger charge is -2.35. The Morgan fingerprint density at radius 1 is 1.15 bits per heavy atom. The molecular weight excluding hydrogens is 431 g/mol. The zero-order chi connectivity index (χ0) is 23.9. The first-order valence-corrected chi connectivity index (χ1v) is 12.3. The summed E-state index contributed by atoms with van der Waals surface area (Å²) >= 11 is 0. The Morgan fingerprint density at radius 3 is 2.62 bits per heavy atom. The zero-order valence-corrected chi connectivity index (χ0v) is 19.9. The highest BCUT2D eigenvalue weighted by molar-refractivity contribution is 6.01. The van der Waals surface area contributed by atoms with Gasteiger partial charge in [-0.3, -0.25) is 9.59 Å². The summed E-state index contributed by atoms with van der Waals surface area (Å²) in [5.74, 6) is 0.560. The third kappa shape index (κ3) is 4.12. The Kier molecular flexibility index (Phi) is 5.96. The second kappa shape index (κ2) is 8.93. The van der Waals surface area contributed by atoms with Crippen LogP contribution in [0.3, 0.4) is 0 Å². The van der Waals surface area contributed by atoms with Crippen molar-refractivity contribution >= 4 is 23.0 Å². The van der Waals surface area contributed by atoms with Gasteiger partial charge in [-0.05, 0) is 88.6 Å². The predicted octanol–water partition coefficient (Wildman–Crippen LogP) is 5.45. The fourth-order valence-corrected chi connectivity index (χ4v) is 5.82. The van der Waals surface area contributed by atoms with Crippen LogP contribution in [0.4, 0.5) is 10.1 Å². The van der Waals surface area contributed by atoms with E-state index in [1.807, 2.05) is 24.8 Å². The maximum absolute atomic E-state index is 13.3. The van der Waals surface area contributed by atoms with Crippen LogP contribution >= 0.6 is 0 Å². The first-order valence-electron chi connectivity index (χ1n) is 12.3. The summed E-state index contributed by atoms with van der Waals surface area (Å²) < 4.78 is 15.0. The second-order valence-electron chi connectivity index (χ2n) is 10.1. The number of carbonyl (C=O) groups is 2. The smallest absolute Gasteiger partial charge is 0.233 e. The molecule has 1 aliphatic heterocycles. The molecule has 0 N–H and O–H groups in total. The molecule has 2 fully saturated rings. The maximum atomic E-state index is 13.3. The molecule has 0 radical (unpaired) electrons. The molecule has 6 nitrogen and oxygen atoms in total. The maximum Gasteiger partial charge on any atom is 0.233 e. The third-order valence-corrected chi connectivity index (χ3v) is 7.81. The number of fused-ring (bicyclic) bond motifs is 1. The van der Waals surface area contributed by atoms with Gasteiger partial charge >= 0.3 is 0 Å². The Balaban J connectivity index is 1.14. The Bertz CT molecular complexity index is 1230. The van der Waals surface area contributed by atoms with Crippen LogP contribution in [-0.2, 0) is 4.79 Å². The van der Waals surface area contributed by atoms with Crippen LogP contribution in [0.2, 0.25) is 0 Å². The number of rotatable bonds is 6. The van der Waals surface area contributed by atoms with Crippen molar-refractivity contribution in [3.63, 3.8) is 0 Å². The van der Waals surface area contributed by atoms with Gasteiger partial charge in [0, 0.05) is 30.0 Å². The molecule has 178 valence electrons. The van der Waals surface area contributed by atoms with Crippen LogP contribution in [0.5, 0.6) is 0 Å². The molecule has 3 heterocycles. The van der Waals surface area contributed by atoms with Gasteiger partial charge in [0.1, 0.15) is 5.82 Å². The largest absolute Gasteiger partial charge is 0.312 e. The summed E-state index contributed by atoms with van der Waals surface area (Å²) in [6.07, 6.45) is 8.69. The summed E-state index contributed by atoms with van der Waals surface area (Å²) in [6.45, 7) is 4.60. The van der Waals surface area contributed by atoms with Crippen LogP contribution in [-0.4, -0.2) is 32.8 Å². The van der Waals surface area contributed by atoms with Crippen molar-refractivity contribution < 1.29 is 14.0 Å². The van der Waals surface area contributed by atoms with Crippen molar-refractivity contribution in [1.82, 2.24) is 14.6 Å². The van der Waals surface area contributed by atoms with Gasteiger partial charge in [-0.1, -0.05) is 6.42 Å². The van der Waals surface area contributed by atoms with E-state index in [1.54, 1.807) is 22.8 Å². The molecule has 1 aliphatic carbocycles. The molecule has 1 amide bonds. The van der Waals surface area contributed by atoms with Gasteiger partial charge in [0.15, 0.2) is 11.4 Å². The number of benzene rings is 1. The molecule has 34 heavy (non-hydrogen) atoms. The van der Waals surface area contributed by atoms with Gasteiger partial charge in [0.25, 0.3) is 0 Å². The average Bonchev–Trinajstić information content (AvgIpc) is 3.38. The van der Waals surface area contributed by atoms with E-state index in [4.69, 9.17) is 0 Å². The molecule has 7 heteroatoms. The number of anilines is 1. The number of aromatic nitrogens is 3. The highest BCUT2D eigenvalue weighted by atomic mass is 19.1. The molecule has 1 spiro atoms. The molecule has 2 aromatic heterocycles. The fourth-order valence-electron chi connectivity index (χ4n) is 5.82. The number of halogens is 1. The molecule has 0 unspecified atom stereocenters. The topological polar surface area (TPSA) is 67.6 Å². The minimum atomic E-state index is -0.285. The van der Waals surface area contributed by atoms with Gasteiger partial charge in [-0.2, -0.15) is 5.10 Å². The first kappa shape index (κ1) is 22.7. The lowest BCUT2D eigenvalue weighted by atomic mass is 9.68. The van der Waals surface area contributed by atoms with Crippen molar-refractivity contribution in [2.24, 2.45) is 11.3 Å². The van der Waals surface area contributed by atoms with E-state index >= 15 is 0 Å². The van der Waals surface area contributed by atoms with E-state index in [1.165, 1.54) is 12.1 Å². The van der Waals surface area contributed by atoms with E-state index < -0.39 is 0 Å². The van der Waals surface area contributed by atoms with E-state index in [0.717, 1.165) is 62.0 Å². The molecule has 1 aromatic carbocycles. The van der Waals surface area contributed by atoms with Gasteiger partial charge in [-0.25, -0.2) is 13.9 Å². The highest BCUT2D eigenvalue weighted by Gasteiger charge is 2.48. The minimum absolute atomic E-state index is 0.0979. The van der Waals surface area contributed by atoms with Gasteiger partial charge in [-0.15, -0.1) is 0 Å². The van der Waals surface area contributed by atoms with Crippen molar-refractivity contribution in [3.8, 4) is 0 Å². The van der Waals surface area contributed by atoms with Gasteiger partial charge in [0.05, 0.1) is 17.2 Å². The lowest BCUT2D eigenvalue weighted by Crippen LogP contribution is -2.37. The number of hydrogen-bond donors (Lipinski definition) is 0. The number of Topliss-reactive ketones (excluding diaryl/α,β-unsaturated/α-hetero) is 1. The van der Waals surface area contributed by atoms with Gasteiger partial charge in [0.2, 0.25) is 5.91 Å². The molecule has 1 saturated carbocycles. The second-order valence-corrected chi connectivity index (χ2v) is 10.1. The monoisotopic (exact) mass is 462 g/mol. The van der Waals surface area contributed by atoms with Crippen LogP contribution in [0, 0.1) is 31.0 Å². The van der Waals surface area contributed by atoms with Crippen molar-refractivity contribution in [2.75, 3.05) is 11.4 Å². The quantitative estimate of drug-likeness (QED) is 0.457. The Labute approximate surface area is 199 Å². The number of ketones is 1. The summed E-state index contributed by atoms with van der Waals surface area (Å²) in [5, 5.41) is 4.34. The Morgan fingerprint density at radius 2 is 1.88 bits per heavy atom. The van der Waals surface area contributed by atoms with Gasteiger partial charge < -0.3 is 4.90 Å². The van der Waals surface area contributed by atoms with E-state index in [-0.39, 0.29) is 22.9 Å². The number of amides is 1. The standard InChI is InChI=1S/C27H31FN4O2/c1-18-16-19(2)32-25(30-18)23(17-29-32)24(33)5-3-4-20-10-12-27(13-11-20)14-15-31(26(27)34)22-8-6-21(28)7-9-22/h6-9,16-17,20H,3-5,10-15H2,1-2H3. The summed E-state index contributed by atoms with van der Waals surface area (Å²) in [7, 11) is 0.